The van der Waals surface area contributed by atoms with E-state index >= 15 is 0 Å². The second-order valence-electron chi connectivity index (χ2n) is 7.46. The summed E-state index contributed by atoms with van der Waals surface area (Å²) in [6.07, 6.45) is 13.5. The highest BCUT2D eigenvalue weighted by atomic mass is 16.4. The van der Waals surface area contributed by atoms with E-state index in [2.05, 4.69) is 13.5 Å². The molecule has 0 aromatic rings. The molecule has 1 fully saturated rings. The van der Waals surface area contributed by atoms with E-state index in [0.717, 1.165) is 12.8 Å². The average molecular weight is 379 g/mol. The second-order valence-corrected chi connectivity index (χ2v) is 7.46. The number of rotatable bonds is 13. The van der Waals surface area contributed by atoms with Crippen LogP contribution >= 0.6 is 0 Å². The lowest BCUT2D eigenvalue weighted by Gasteiger charge is -2.23. The highest BCUT2D eigenvalue weighted by Gasteiger charge is 2.39. The van der Waals surface area contributed by atoms with Gasteiger partial charge in [0.2, 0.25) is 0 Å². The Labute approximate surface area is 162 Å². The zero-order valence-corrected chi connectivity index (χ0v) is 16.3. The van der Waals surface area contributed by atoms with Crippen LogP contribution in [-0.2, 0) is 9.59 Å². The van der Waals surface area contributed by atoms with Crippen molar-refractivity contribution in [3.05, 3.63) is 37.0 Å². The summed E-state index contributed by atoms with van der Waals surface area (Å²) in [6, 6.07) is 0. The van der Waals surface area contributed by atoms with Crippen LogP contribution in [0, 0.1) is 11.8 Å². The normalized spacial score (nSPS) is 25.3. The van der Waals surface area contributed by atoms with E-state index in [9.17, 15) is 19.8 Å². The fourth-order valence-electron chi connectivity index (χ4n) is 3.46. The third-order valence-electron chi connectivity index (χ3n) is 5.22. The van der Waals surface area contributed by atoms with Gasteiger partial charge in [0.15, 0.2) is 0 Å². The molecule has 5 nitrogen and oxygen atoms in total. The van der Waals surface area contributed by atoms with Crippen LogP contribution in [0.15, 0.2) is 37.0 Å². The maximum atomic E-state index is 12.2. The molecule has 1 aliphatic carbocycles. The number of aliphatic hydroxyl groups excluding tert-OH is 1. The third-order valence-corrected chi connectivity index (χ3v) is 5.22. The van der Waals surface area contributed by atoms with Gasteiger partial charge in [-0.2, -0.15) is 0 Å². The SMILES string of the molecule is C=CC(O)(C/C=C/[C@H]1[C@H](O)CC(=O)[C@@H]1C/C=C\CCCC(=O)O)CCCC. The van der Waals surface area contributed by atoms with Crippen molar-refractivity contribution in [2.75, 3.05) is 0 Å². The van der Waals surface area contributed by atoms with Crippen molar-refractivity contribution < 1.29 is 24.9 Å². The van der Waals surface area contributed by atoms with Crippen LogP contribution in [0.4, 0.5) is 0 Å². The van der Waals surface area contributed by atoms with Crippen LogP contribution in [0.3, 0.4) is 0 Å². The number of unbranched alkanes of at least 4 members (excludes halogenated alkanes) is 2. The molecule has 0 amide bonds. The molecule has 152 valence electrons. The van der Waals surface area contributed by atoms with Gasteiger partial charge in [0, 0.05) is 24.7 Å². The third kappa shape index (κ3) is 8.22. The number of allylic oxidation sites excluding steroid dienone is 2. The van der Waals surface area contributed by atoms with Crippen LogP contribution in [0.1, 0.15) is 64.7 Å². The van der Waals surface area contributed by atoms with E-state index in [1.165, 1.54) is 0 Å². The summed E-state index contributed by atoms with van der Waals surface area (Å²) in [5.74, 6) is -1.26. The summed E-state index contributed by atoms with van der Waals surface area (Å²) in [6.45, 7) is 5.79. The Hall–Kier alpha value is -1.72. The molecule has 0 aliphatic heterocycles. The van der Waals surface area contributed by atoms with Crippen LogP contribution in [0.2, 0.25) is 0 Å². The Bertz CT molecular complexity index is 551. The highest BCUT2D eigenvalue weighted by molar-refractivity contribution is 5.84. The minimum atomic E-state index is -0.945. The molecule has 1 rings (SSSR count). The molecule has 0 aromatic heterocycles. The smallest absolute Gasteiger partial charge is 0.303 e. The van der Waals surface area contributed by atoms with Gasteiger partial charge in [-0.05, 0) is 32.1 Å². The first-order valence-corrected chi connectivity index (χ1v) is 9.93. The molecule has 27 heavy (non-hydrogen) atoms. The molecule has 0 spiro atoms. The predicted molar refractivity (Wildman–Crippen MR) is 106 cm³/mol. The number of aliphatic carboxylic acids is 1. The monoisotopic (exact) mass is 378 g/mol. The molecule has 5 heteroatoms. The lowest BCUT2D eigenvalue weighted by atomic mass is 9.88. The second kappa shape index (κ2) is 11.9. The Morgan fingerprint density at radius 1 is 1.30 bits per heavy atom. The number of Topliss-reactive ketones (excluding diaryl/α,β-unsaturated/α-hetero) is 1. The Morgan fingerprint density at radius 2 is 2.04 bits per heavy atom. The van der Waals surface area contributed by atoms with Crippen molar-refractivity contribution in [3.63, 3.8) is 0 Å². The summed E-state index contributed by atoms with van der Waals surface area (Å²) in [7, 11) is 0. The van der Waals surface area contributed by atoms with E-state index in [0.29, 0.717) is 32.1 Å². The van der Waals surface area contributed by atoms with Crippen molar-refractivity contribution in [3.8, 4) is 0 Å². The first-order chi connectivity index (χ1) is 12.8. The van der Waals surface area contributed by atoms with E-state index in [4.69, 9.17) is 5.11 Å². The van der Waals surface area contributed by atoms with Crippen molar-refractivity contribution in [1.29, 1.82) is 0 Å². The zero-order valence-electron chi connectivity index (χ0n) is 16.3. The first-order valence-electron chi connectivity index (χ1n) is 9.93. The summed E-state index contributed by atoms with van der Waals surface area (Å²) in [5, 5.41) is 29.4. The lowest BCUT2D eigenvalue weighted by Crippen LogP contribution is -2.25. The molecule has 0 heterocycles. The van der Waals surface area contributed by atoms with Crippen molar-refractivity contribution >= 4 is 11.8 Å². The summed E-state index contributed by atoms with van der Waals surface area (Å²) in [5.41, 5.74) is -0.945. The highest BCUT2D eigenvalue weighted by Crippen LogP contribution is 2.34. The average Bonchev–Trinajstić information content (AvgIpc) is 2.89. The van der Waals surface area contributed by atoms with Crippen LogP contribution < -0.4 is 0 Å². The minimum absolute atomic E-state index is 0.0531. The fourth-order valence-corrected chi connectivity index (χ4v) is 3.46. The number of carboxylic acid groups (broad SMARTS) is 1. The van der Waals surface area contributed by atoms with Gasteiger partial charge in [-0.1, -0.05) is 50.1 Å². The van der Waals surface area contributed by atoms with Gasteiger partial charge in [-0.3, -0.25) is 9.59 Å². The number of carboxylic acids is 1. The maximum absolute atomic E-state index is 12.2. The van der Waals surface area contributed by atoms with Crippen LogP contribution in [0.5, 0.6) is 0 Å². The van der Waals surface area contributed by atoms with Gasteiger partial charge in [0.1, 0.15) is 5.78 Å². The predicted octanol–water partition coefficient (Wildman–Crippen LogP) is 3.81. The number of carbonyl (C=O) groups is 2. The summed E-state index contributed by atoms with van der Waals surface area (Å²) >= 11 is 0. The maximum Gasteiger partial charge on any atom is 0.303 e. The van der Waals surface area contributed by atoms with E-state index in [1.54, 1.807) is 6.08 Å². The standard InChI is InChI=1S/C22H34O5/c1-3-5-14-22(27,4-2)15-10-12-18-17(19(23)16-20(18)24)11-8-6-7-9-13-21(25)26/h4,6,8,10,12,17-18,20,24,27H,2-3,5,7,9,11,13-16H2,1H3,(H,25,26)/b8-6-,12-10+/t17-,18-,20-,22?/m1/s1. The molecule has 0 radical (unpaired) electrons. The minimum Gasteiger partial charge on any atom is -0.481 e. The number of ketones is 1. The molecule has 0 saturated heterocycles. The van der Waals surface area contributed by atoms with Gasteiger partial charge in [-0.25, -0.2) is 0 Å². The fraction of sp³-hybridized carbons (Fsp3) is 0.636. The molecule has 0 aromatic carbocycles. The molecule has 0 bridgehead atoms. The molecule has 3 N–H and O–H groups in total. The van der Waals surface area contributed by atoms with Gasteiger partial charge in [0.05, 0.1) is 11.7 Å². The zero-order chi connectivity index (χ0) is 20.3. The number of hydrogen-bond acceptors (Lipinski definition) is 4. The topological polar surface area (TPSA) is 94.8 Å². The summed E-state index contributed by atoms with van der Waals surface area (Å²) in [4.78, 5) is 22.7. The largest absolute Gasteiger partial charge is 0.481 e. The van der Waals surface area contributed by atoms with Gasteiger partial charge < -0.3 is 15.3 Å². The Balaban J connectivity index is 2.59. The van der Waals surface area contributed by atoms with Gasteiger partial charge in [-0.15, -0.1) is 6.58 Å². The quantitative estimate of drug-likeness (QED) is 0.335. The van der Waals surface area contributed by atoms with E-state index < -0.39 is 17.7 Å². The first kappa shape index (κ1) is 23.3. The number of carbonyl (C=O) groups excluding carboxylic acids is 1. The molecule has 1 saturated carbocycles. The lowest BCUT2D eigenvalue weighted by molar-refractivity contribution is -0.137. The van der Waals surface area contributed by atoms with E-state index in [1.807, 2.05) is 24.3 Å². The molecule has 1 unspecified atom stereocenters. The number of aliphatic hydroxyl groups is 2. The van der Waals surface area contributed by atoms with Crippen LogP contribution in [0.25, 0.3) is 0 Å². The summed E-state index contributed by atoms with van der Waals surface area (Å²) < 4.78 is 0. The van der Waals surface area contributed by atoms with Crippen molar-refractivity contribution in [2.24, 2.45) is 11.8 Å². The Kier molecular flexibility index (Phi) is 10.3. The molecule has 1 aliphatic rings. The van der Waals surface area contributed by atoms with Crippen LogP contribution in [-0.4, -0.2) is 38.8 Å². The number of hydrogen-bond donors (Lipinski definition) is 3. The Morgan fingerprint density at radius 3 is 2.67 bits per heavy atom. The van der Waals surface area contributed by atoms with E-state index in [-0.39, 0.29) is 30.5 Å². The van der Waals surface area contributed by atoms with Gasteiger partial charge >= 0.3 is 5.97 Å². The molecule has 4 atom stereocenters. The van der Waals surface area contributed by atoms with Gasteiger partial charge in [0.25, 0.3) is 0 Å². The molecular weight excluding hydrogens is 344 g/mol. The van der Waals surface area contributed by atoms with Crippen molar-refractivity contribution in [2.45, 2.75) is 76.4 Å². The van der Waals surface area contributed by atoms with Crippen molar-refractivity contribution in [1.82, 2.24) is 0 Å². The molecular formula is C22H34O5.